The third-order valence-corrected chi connectivity index (χ3v) is 9.77. The number of hydrogen-bond donors (Lipinski definition) is 9. The summed E-state index contributed by atoms with van der Waals surface area (Å²) in [6, 6.07) is -5.67. The molecular formula is C30H52N6O12S2. The maximum absolute atomic E-state index is 13.8. The number of nitrogens with zero attached hydrogens (tertiary/aromatic N) is 1. The van der Waals surface area contributed by atoms with Gasteiger partial charge in [0.2, 0.25) is 23.6 Å². The molecule has 0 saturated heterocycles. The number of carbonyl (C=O) groups is 8. The molecule has 0 aromatic heterocycles. The van der Waals surface area contributed by atoms with E-state index in [1.165, 1.54) is 0 Å². The fourth-order valence-electron chi connectivity index (χ4n) is 4.40. The molecule has 18 nitrogen and oxygen atoms in total. The highest BCUT2D eigenvalue weighted by atomic mass is 33.1. The van der Waals surface area contributed by atoms with Crippen LogP contribution in [0.25, 0.3) is 0 Å². The summed E-state index contributed by atoms with van der Waals surface area (Å²) in [4.78, 5) is 97.5. The molecule has 20 heteroatoms. The number of hydrogen-bond acceptors (Lipinski definition) is 12. The summed E-state index contributed by atoms with van der Waals surface area (Å²) >= 11 is 0. The predicted octanol–water partition coefficient (Wildman–Crippen LogP) is -0.0253. The fourth-order valence-corrected chi connectivity index (χ4v) is 6.72. The maximum Gasteiger partial charge on any atom is 0.323 e. The van der Waals surface area contributed by atoms with Crippen LogP contribution in [-0.4, -0.2) is 128 Å². The van der Waals surface area contributed by atoms with Crippen LogP contribution in [0.15, 0.2) is 0 Å². The molecule has 11 N–H and O–H groups in total. The Labute approximate surface area is 299 Å². The molecule has 5 atom stereocenters. The molecule has 0 saturated carbocycles. The second kappa shape index (κ2) is 26.2. The van der Waals surface area contributed by atoms with Gasteiger partial charge in [-0.05, 0) is 26.2 Å². The maximum atomic E-state index is 13.8. The first kappa shape index (κ1) is 46.4. The summed E-state index contributed by atoms with van der Waals surface area (Å²) in [5.74, 6) is -8.45. The van der Waals surface area contributed by atoms with Gasteiger partial charge in [0.1, 0.15) is 37.3 Å². The van der Waals surface area contributed by atoms with Gasteiger partial charge in [0.05, 0.1) is 0 Å². The Morgan fingerprint density at radius 1 is 0.680 bits per heavy atom. The molecule has 0 heterocycles. The van der Waals surface area contributed by atoms with Crippen LogP contribution >= 0.6 is 21.6 Å². The van der Waals surface area contributed by atoms with E-state index in [1.807, 2.05) is 0 Å². The normalized spacial score (nSPS) is 13.9. The van der Waals surface area contributed by atoms with Gasteiger partial charge in [0.15, 0.2) is 0 Å². The molecule has 0 spiro atoms. The van der Waals surface area contributed by atoms with Gasteiger partial charge in [-0.3, -0.25) is 38.4 Å². The van der Waals surface area contributed by atoms with Gasteiger partial charge >= 0.3 is 23.9 Å². The summed E-state index contributed by atoms with van der Waals surface area (Å²) < 4.78 is 0. The first-order valence-electron chi connectivity index (χ1n) is 16.3. The number of carboxylic acids is 4. The van der Waals surface area contributed by atoms with E-state index in [9.17, 15) is 43.5 Å². The van der Waals surface area contributed by atoms with E-state index in [2.05, 4.69) is 22.9 Å². The van der Waals surface area contributed by atoms with Crippen LogP contribution < -0.4 is 27.4 Å². The van der Waals surface area contributed by atoms with Crippen LogP contribution in [0, 0.1) is 0 Å². The number of nitrogens with two attached hydrogens (primary N) is 2. The molecular weight excluding hydrogens is 700 g/mol. The lowest BCUT2D eigenvalue weighted by Gasteiger charge is -2.31. The van der Waals surface area contributed by atoms with E-state index in [0.717, 1.165) is 65.0 Å². The zero-order valence-electron chi connectivity index (χ0n) is 28.5. The van der Waals surface area contributed by atoms with E-state index in [4.69, 9.17) is 26.8 Å². The average Bonchev–Trinajstić information content (AvgIpc) is 3.05. The molecule has 0 radical (unpaired) electrons. The predicted molar refractivity (Wildman–Crippen MR) is 186 cm³/mol. The molecule has 0 aliphatic carbocycles. The molecule has 1 unspecified atom stereocenters. The lowest BCUT2D eigenvalue weighted by molar-refractivity contribution is -0.147. The van der Waals surface area contributed by atoms with E-state index in [-0.39, 0.29) is 37.2 Å². The first-order valence-corrected chi connectivity index (χ1v) is 18.8. The molecule has 4 amide bonds. The summed E-state index contributed by atoms with van der Waals surface area (Å²) in [5.41, 5.74) is 10.9. The number of unbranched alkanes of at least 4 members (excludes halogenated alkanes) is 5. The largest absolute Gasteiger partial charge is 0.480 e. The van der Waals surface area contributed by atoms with Gasteiger partial charge in [-0.2, -0.15) is 0 Å². The van der Waals surface area contributed by atoms with Crippen molar-refractivity contribution in [3.8, 4) is 0 Å². The van der Waals surface area contributed by atoms with Crippen molar-refractivity contribution in [2.24, 2.45) is 11.5 Å². The monoisotopic (exact) mass is 752 g/mol. The van der Waals surface area contributed by atoms with Gasteiger partial charge < -0.3 is 52.7 Å². The Morgan fingerprint density at radius 3 is 1.64 bits per heavy atom. The summed E-state index contributed by atoms with van der Waals surface area (Å²) in [6.07, 6.45) is 5.33. The van der Waals surface area contributed by atoms with Crippen molar-refractivity contribution in [1.82, 2.24) is 20.9 Å². The van der Waals surface area contributed by atoms with Gasteiger partial charge in [-0.25, -0.2) is 0 Å². The number of rotatable bonds is 29. The quantitative estimate of drug-likeness (QED) is 0.0358. The molecule has 0 aromatic carbocycles. The Hall–Kier alpha value is -3.62. The minimum atomic E-state index is -1.34. The molecule has 0 bridgehead atoms. The van der Waals surface area contributed by atoms with E-state index in [1.54, 1.807) is 6.92 Å². The van der Waals surface area contributed by atoms with Gasteiger partial charge in [-0.1, -0.05) is 67.0 Å². The summed E-state index contributed by atoms with van der Waals surface area (Å²) in [6.45, 7) is 2.44. The topological polar surface area (TPSA) is 309 Å². The van der Waals surface area contributed by atoms with Crippen molar-refractivity contribution >= 4 is 69.1 Å². The minimum Gasteiger partial charge on any atom is -0.480 e. The van der Waals surface area contributed by atoms with E-state index >= 15 is 0 Å². The van der Waals surface area contributed by atoms with Crippen LogP contribution in [0.3, 0.4) is 0 Å². The second-order valence-corrected chi connectivity index (χ2v) is 14.2. The van der Waals surface area contributed by atoms with E-state index < -0.39 is 90.8 Å². The Kier molecular flexibility index (Phi) is 24.3. The number of carbonyl (C=O) groups excluding carboxylic acids is 4. The number of amides is 4. The van der Waals surface area contributed by atoms with Crippen molar-refractivity contribution in [2.45, 2.75) is 115 Å². The van der Waals surface area contributed by atoms with Crippen molar-refractivity contribution in [3.63, 3.8) is 0 Å². The third kappa shape index (κ3) is 21.5. The van der Waals surface area contributed by atoms with Crippen LogP contribution in [0.5, 0.6) is 0 Å². The van der Waals surface area contributed by atoms with Crippen molar-refractivity contribution in [3.05, 3.63) is 0 Å². The molecule has 0 aliphatic rings. The lowest BCUT2D eigenvalue weighted by Crippen LogP contribution is -2.54. The summed E-state index contributed by atoms with van der Waals surface area (Å²) in [5, 5.41) is 43.6. The molecule has 0 fully saturated rings. The van der Waals surface area contributed by atoms with E-state index in [0.29, 0.717) is 6.42 Å². The molecule has 0 aliphatic heterocycles. The van der Waals surface area contributed by atoms with Crippen LogP contribution in [0.2, 0.25) is 0 Å². The average molecular weight is 753 g/mol. The van der Waals surface area contributed by atoms with Crippen LogP contribution in [0.4, 0.5) is 0 Å². The van der Waals surface area contributed by atoms with Crippen molar-refractivity contribution < 1.29 is 58.8 Å². The van der Waals surface area contributed by atoms with Gasteiger partial charge in [0.25, 0.3) is 0 Å². The fraction of sp³-hybridized carbons (Fsp3) is 0.733. The Morgan fingerprint density at radius 2 is 1.16 bits per heavy atom. The minimum absolute atomic E-state index is 0.134. The second-order valence-electron chi connectivity index (χ2n) is 11.7. The molecule has 0 rings (SSSR count). The first-order chi connectivity index (χ1) is 23.5. The zero-order chi connectivity index (χ0) is 38.2. The smallest absolute Gasteiger partial charge is 0.323 e. The highest BCUT2D eigenvalue weighted by Gasteiger charge is 2.31. The van der Waals surface area contributed by atoms with Crippen LogP contribution in [0.1, 0.15) is 84.5 Å². The number of nitrogens with one attached hydrogen (secondary N) is 3. The number of carboxylic acid groups (broad SMARTS) is 4. The zero-order valence-corrected chi connectivity index (χ0v) is 30.1. The summed E-state index contributed by atoms with van der Waals surface area (Å²) in [7, 11) is 1.99. The van der Waals surface area contributed by atoms with Crippen LogP contribution in [-0.2, 0) is 38.4 Å². The Bertz CT molecular complexity index is 1150. The lowest BCUT2D eigenvalue weighted by atomic mass is 10.0. The molecule has 286 valence electrons. The van der Waals surface area contributed by atoms with Gasteiger partial charge in [0, 0.05) is 30.4 Å². The molecule has 50 heavy (non-hydrogen) atoms. The van der Waals surface area contributed by atoms with Gasteiger partial charge in [-0.15, -0.1) is 0 Å². The number of aliphatic carboxylic acids is 4. The van der Waals surface area contributed by atoms with Crippen molar-refractivity contribution in [1.29, 1.82) is 0 Å². The third-order valence-electron chi connectivity index (χ3n) is 7.35. The standard InChI is InChI=1S/C30H52N6O12S2/c1-3-4-5-6-7-8-9-18(2)36(15-26(41)42)28(44)22(35-24(38)13-11-20(32)30(47)48)17-50-49-16-21(27(43)33-14-25(39)40)34-23(37)12-10-19(31)29(45)46/h18-22H,3-17,31-32H2,1-2H3,(H,33,43)(H,34,37)(H,35,38)(H,39,40)(H,41,42)(H,45,46)(H,47,48)/t18?,19-,20-,21-,22-/m0/s1. The SMILES string of the molecule is CCCCCCCCC(C)N(CC(=O)O)C(=O)[C@H](CSSC[C@H](NC(=O)CC[C@H](N)C(=O)O)C(=O)NCC(=O)O)NC(=O)CC[C@H](N)C(=O)O. The highest BCUT2D eigenvalue weighted by molar-refractivity contribution is 8.76. The Balaban J connectivity index is 5.79. The van der Waals surface area contributed by atoms with Crippen molar-refractivity contribution in [2.75, 3.05) is 24.6 Å². The molecule has 0 aromatic rings. The highest BCUT2D eigenvalue weighted by Crippen LogP contribution is 2.24.